The molecule has 0 spiro atoms. The van der Waals surface area contributed by atoms with Crippen molar-refractivity contribution in [2.75, 3.05) is 33.2 Å². The minimum Gasteiger partial charge on any atom is -0.444 e. The number of morpholine rings is 1. The van der Waals surface area contributed by atoms with Crippen molar-refractivity contribution in [1.82, 2.24) is 25.3 Å². The molecule has 10 unspecified atom stereocenters. The third-order valence-corrected chi connectivity index (χ3v) is 12.5. The number of hydrogen-bond donors (Lipinski definition) is 2. The zero-order valence-corrected chi connectivity index (χ0v) is 28.5. The smallest absolute Gasteiger partial charge is 0.407 e. The van der Waals surface area contributed by atoms with Gasteiger partial charge in [-0.15, -0.1) is 0 Å². The summed E-state index contributed by atoms with van der Waals surface area (Å²) < 4.78 is 12.7. The van der Waals surface area contributed by atoms with Gasteiger partial charge in [-0.25, -0.2) is 4.79 Å². The van der Waals surface area contributed by atoms with Crippen molar-refractivity contribution in [3.8, 4) is 0 Å². The van der Waals surface area contributed by atoms with E-state index in [1.165, 1.54) is 38.5 Å². The summed E-state index contributed by atoms with van der Waals surface area (Å²) in [5.74, 6) is 0.993. The quantitative estimate of drug-likeness (QED) is 0.423. The van der Waals surface area contributed by atoms with Gasteiger partial charge in [-0.05, 0) is 97.6 Å². The number of nitrogens with zero attached hydrogens (tertiary/aromatic N) is 3. The van der Waals surface area contributed by atoms with Crippen LogP contribution in [0.25, 0.3) is 0 Å². The van der Waals surface area contributed by atoms with Gasteiger partial charge < -0.3 is 29.9 Å². The molecular weight excluding hydrogens is 582 g/mol. The molecule has 2 N–H and O–H groups in total. The molecule has 10 atom stereocenters. The number of rotatable bonds is 6. The number of carbonyl (C=O) groups is 3. The van der Waals surface area contributed by atoms with E-state index in [4.69, 9.17) is 9.47 Å². The molecule has 10 heteroatoms. The van der Waals surface area contributed by atoms with E-state index in [-0.39, 0.29) is 60.1 Å². The van der Waals surface area contributed by atoms with E-state index in [1.807, 2.05) is 27.0 Å². The van der Waals surface area contributed by atoms with Crippen molar-refractivity contribution in [2.24, 2.45) is 17.8 Å². The lowest BCUT2D eigenvalue weighted by Crippen LogP contribution is -2.71. The minimum absolute atomic E-state index is 0.000484. The Morgan fingerprint density at radius 2 is 1.76 bits per heavy atom. The second-order valence-electron chi connectivity index (χ2n) is 16.5. The molecule has 0 aromatic heterocycles. The molecule has 3 aliphatic carbocycles. The molecule has 0 aromatic rings. The number of ether oxygens (including phenoxy) is 2. The average molecular weight is 640 g/mol. The Morgan fingerprint density at radius 1 is 0.978 bits per heavy atom. The first-order valence-corrected chi connectivity index (χ1v) is 18.5. The molecule has 0 aromatic carbocycles. The number of nitrogens with one attached hydrogen (secondary N) is 2. The van der Waals surface area contributed by atoms with Gasteiger partial charge in [0.1, 0.15) is 5.60 Å². The largest absolute Gasteiger partial charge is 0.444 e. The van der Waals surface area contributed by atoms with Crippen LogP contribution in [-0.4, -0.2) is 114 Å². The van der Waals surface area contributed by atoms with Crippen LogP contribution in [0.3, 0.4) is 0 Å². The van der Waals surface area contributed by atoms with Crippen LogP contribution in [0.2, 0.25) is 0 Å². The van der Waals surface area contributed by atoms with E-state index in [0.29, 0.717) is 30.0 Å². The molecule has 6 fully saturated rings. The summed E-state index contributed by atoms with van der Waals surface area (Å²) in [5.41, 5.74) is -0.176. The zero-order chi connectivity index (χ0) is 32.2. The highest BCUT2D eigenvalue weighted by Crippen LogP contribution is 2.50. The number of ketones is 1. The molecule has 3 saturated carbocycles. The number of hydrogen-bond acceptors (Lipinski definition) is 8. The van der Waals surface area contributed by atoms with Gasteiger partial charge in [-0.2, -0.15) is 0 Å². The van der Waals surface area contributed by atoms with E-state index in [9.17, 15) is 14.4 Å². The fourth-order valence-corrected chi connectivity index (χ4v) is 10.3. The van der Waals surface area contributed by atoms with Crippen molar-refractivity contribution in [2.45, 2.75) is 146 Å². The molecule has 4 aliphatic heterocycles. The Labute approximate surface area is 275 Å². The summed E-state index contributed by atoms with van der Waals surface area (Å²) in [6.07, 6.45) is 14.8. The first-order valence-electron chi connectivity index (χ1n) is 18.5. The van der Waals surface area contributed by atoms with Crippen molar-refractivity contribution < 1.29 is 23.9 Å². The predicted molar refractivity (Wildman–Crippen MR) is 175 cm³/mol. The molecule has 7 rings (SSSR count). The van der Waals surface area contributed by atoms with Crippen LogP contribution in [0, 0.1) is 17.8 Å². The lowest BCUT2D eigenvalue weighted by Gasteiger charge is -2.61. The van der Waals surface area contributed by atoms with Crippen LogP contribution >= 0.6 is 0 Å². The van der Waals surface area contributed by atoms with Gasteiger partial charge in [0, 0.05) is 49.9 Å². The Kier molecular flexibility index (Phi) is 9.17. The van der Waals surface area contributed by atoms with Crippen LogP contribution in [-0.2, 0) is 19.1 Å². The van der Waals surface area contributed by atoms with Crippen molar-refractivity contribution in [3.63, 3.8) is 0 Å². The van der Waals surface area contributed by atoms with E-state index in [0.717, 1.165) is 58.2 Å². The molecule has 0 bridgehead atoms. The van der Waals surface area contributed by atoms with E-state index in [2.05, 4.69) is 32.4 Å². The maximum absolute atomic E-state index is 14.1. The number of fused-ring (bicyclic) bond motifs is 3. The van der Waals surface area contributed by atoms with Gasteiger partial charge in [-0.1, -0.05) is 25.7 Å². The third-order valence-electron chi connectivity index (χ3n) is 12.5. The van der Waals surface area contributed by atoms with Crippen LogP contribution < -0.4 is 10.6 Å². The molecule has 2 amide bonds. The standard InChI is InChI=1S/C36H57N5O5/c1-36(2,3)46-35(44)38-24-14-17-40(20-24)28-12-11-26-31-33(28)45-30-19-23-9-6-5-8-22(23)18-29(30)41(31)21-27(32(26)42)34(43)37-15-13-25-10-7-16-39(25)4/h21-26,28-31,33H,5-20H2,1-4H3,(H,37,43)(H,38,44). The highest BCUT2D eigenvalue weighted by Gasteiger charge is 2.58. The van der Waals surface area contributed by atoms with Crippen LogP contribution in [0.5, 0.6) is 0 Å². The summed E-state index contributed by atoms with van der Waals surface area (Å²) in [6.45, 7) is 9.02. The van der Waals surface area contributed by atoms with Crippen molar-refractivity contribution >= 4 is 17.8 Å². The molecule has 10 nitrogen and oxygen atoms in total. The number of Topliss-reactive ketones (excluding diaryl/α,β-unsaturated/α-hetero) is 1. The lowest BCUT2D eigenvalue weighted by atomic mass is 9.65. The van der Waals surface area contributed by atoms with E-state index in [1.54, 1.807) is 0 Å². The first kappa shape index (κ1) is 32.4. The minimum atomic E-state index is -0.530. The van der Waals surface area contributed by atoms with Gasteiger partial charge in [0.25, 0.3) is 5.91 Å². The van der Waals surface area contributed by atoms with Crippen LogP contribution in [0.4, 0.5) is 4.79 Å². The maximum Gasteiger partial charge on any atom is 0.407 e. The second-order valence-corrected chi connectivity index (χ2v) is 16.5. The van der Waals surface area contributed by atoms with Crippen molar-refractivity contribution in [1.29, 1.82) is 0 Å². The number of alkyl carbamates (subject to hydrolysis) is 1. The van der Waals surface area contributed by atoms with Crippen molar-refractivity contribution in [3.05, 3.63) is 11.8 Å². The fraction of sp³-hybridized carbons (Fsp3) is 0.861. The Bertz CT molecular complexity index is 1200. The molecule has 0 radical (unpaired) electrons. The Balaban J connectivity index is 1.10. The molecule has 7 aliphatic rings. The van der Waals surface area contributed by atoms with E-state index < -0.39 is 5.60 Å². The second kappa shape index (κ2) is 13.0. The summed E-state index contributed by atoms with van der Waals surface area (Å²) >= 11 is 0. The normalized spacial score (nSPS) is 39.6. The number of carbonyl (C=O) groups excluding carboxylic acids is 3. The molecule has 46 heavy (non-hydrogen) atoms. The van der Waals surface area contributed by atoms with Gasteiger partial charge in [0.2, 0.25) is 0 Å². The monoisotopic (exact) mass is 639 g/mol. The average Bonchev–Trinajstić information content (AvgIpc) is 3.64. The van der Waals surface area contributed by atoms with Gasteiger partial charge >= 0.3 is 6.09 Å². The highest BCUT2D eigenvalue weighted by molar-refractivity contribution is 6.20. The number of likely N-dealkylation sites (tertiary alicyclic amines) is 2. The molecule has 256 valence electrons. The van der Waals surface area contributed by atoms with E-state index >= 15 is 0 Å². The Morgan fingerprint density at radius 3 is 2.50 bits per heavy atom. The summed E-state index contributed by atoms with van der Waals surface area (Å²) in [6, 6.07) is 0.885. The zero-order valence-electron chi connectivity index (χ0n) is 28.5. The summed E-state index contributed by atoms with van der Waals surface area (Å²) in [4.78, 5) is 47.6. The SMILES string of the molecule is CN1CCCC1CCNC(=O)C1=CN2C3CC4CCCCC4CC3OC3C(N4CCC(NC(=O)OC(C)(C)C)C4)CCC(C1=O)C32. The summed E-state index contributed by atoms with van der Waals surface area (Å²) in [7, 11) is 2.16. The first-order chi connectivity index (χ1) is 22.1. The molecular formula is C36H57N5O5. The van der Waals surface area contributed by atoms with Crippen LogP contribution in [0.1, 0.15) is 97.8 Å². The lowest BCUT2D eigenvalue weighted by molar-refractivity contribution is -0.210. The van der Waals surface area contributed by atoms with Gasteiger partial charge in [-0.3, -0.25) is 14.5 Å². The summed E-state index contributed by atoms with van der Waals surface area (Å²) in [5, 5.41) is 6.23. The van der Waals surface area contributed by atoms with Gasteiger partial charge in [0.15, 0.2) is 5.78 Å². The third kappa shape index (κ3) is 6.47. The van der Waals surface area contributed by atoms with Crippen LogP contribution in [0.15, 0.2) is 11.8 Å². The number of amides is 2. The fourth-order valence-electron chi connectivity index (χ4n) is 10.3. The molecule has 4 heterocycles. The predicted octanol–water partition coefficient (Wildman–Crippen LogP) is 3.84. The topological polar surface area (TPSA) is 103 Å². The highest BCUT2D eigenvalue weighted by atomic mass is 16.6. The molecule has 3 saturated heterocycles. The van der Waals surface area contributed by atoms with Gasteiger partial charge in [0.05, 0.1) is 29.9 Å². The Hall–Kier alpha value is -2.17. The maximum atomic E-state index is 14.1.